The molecule has 2 fully saturated rings. The number of likely N-dealkylation sites (tertiary alicyclic amines) is 1. The van der Waals surface area contributed by atoms with E-state index in [1.54, 1.807) is 18.2 Å². The van der Waals surface area contributed by atoms with Gasteiger partial charge in [0.15, 0.2) is 0 Å². The number of hydrogen-bond donors (Lipinski definition) is 1. The molecule has 2 aliphatic carbocycles. The van der Waals surface area contributed by atoms with Gasteiger partial charge in [-0.25, -0.2) is 17.5 Å². The predicted molar refractivity (Wildman–Crippen MR) is 131 cm³/mol. The molecule has 8 heteroatoms. The number of carbonyl (C=O) groups excluding carboxylic acids is 1. The van der Waals surface area contributed by atoms with Crippen molar-refractivity contribution in [1.29, 1.82) is 0 Å². The Bertz CT molecular complexity index is 1030. The smallest absolute Gasteiger partial charge is 0.236 e. The number of amides is 1. The van der Waals surface area contributed by atoms with Gasteiger partial charge in [0.2, 0.25) is 15.9 Å². The van der Waals surface area contributed by atoms with Gasteiger partial charge in [-0.2, -0.15) is 0 Å². The van der Waals surface area contributed by atoms with Gasteiger partial charge < -0.3 is 4.90 Å². The van der Waals surface area contributed by atoms with E-state index in [-0.39, 0.29) is 35.6 Å². The quantitative estimate of drug-likeness (QED) is 0.533. The first-order valence-electron chi connectivity index (χ1n) is 11.9. The lowest BCUT2D eigenvalue weighted by atomic mass is 9.84. The maximum Gasteiger partial charge on any atom is 0.236 e. The minimum absolute atomic E-state index is 0.00400. The van der Waals surface area contributed by atoms with Gasteiger partial charge in [-0.3, -0.25) is 4.79 Å². The van der Waals surface area contributed by atoms with E-state index in [1.807, 2.05) is 17.9 Å². The van der Waals surface area contributed by atoms with E-state index in [9.17, 15) is 17.6 Å². The molecule has 1 N–H and O–H groups in total. The van der Waals surface area contributed by atoms with Crippen LogP contribution in [-0.2, 0) is 14.8 Å². The van der Waals surface area contributed by atoms with Gasteiger partial charge in [-0.05, 0) is 85.5 Å². The SMILES string of the molecule is CC1CC(S(=O)(=O)NC2CCC(C(=O)N3CCCCC3c3ccc(F)cc3)CC2)=CC=C1Br. The van der Waals surface area contributed by atoms with Crippen LogP contribution in [0.25, 0.3) is 0 Å². The second-order valence-electron chi connectivity index (χ2n) is 9.55. The van der Waals surface area contributed by atoms with Gasteiger partial charge in [0.1, 0.15) is 5.82 Å². The Morgan fingerprint density at radius 2 is 1.76 bits per heavy atom. The molecule has 1 aromatic carbocycles. The molecule has 3 aliphatic rings. The molecule has 33 heavy (non-hydrogen) atoms. The fourth-order valence-corrected chi connectivity index (χ4v) is 7.05. The van der Waals surface area contributed by atoms with E-state index in [4.69, 9.17) is 0 Å². The molecule has 0 radical (unpaired) electrons. The summed E-state index contributed by atoms with van der Waals surface area (Å²) in [5.74, 6) is -0.0485. The Morgan fingerprint density at radius 1 is 1.06 bits per heavy atom. The maximum absolute atomic E-state index is 13.4. The van der Waals surface area contributed by atoms with Crippen LogP contribution >= 0.6 is 15.9 Å². The highest BCUT2D eigenvalue weighted by Gasteiger charge is 2.36. The summed E-state index contributed by atoms with van der Waals surface area (Å²) in [4.78, 5) is 15.8. The molecule has 2 unspecified atom stereocenters. The third-order valence-electron chi connectivity index (χ3n) is 7.19. The van der Waals surface area contributed by atoms with Crippen LogP contribution in [0, 0.1) is 17.7 Å². The highest BCUT2D eigenvalue weighted by Crippen LogP contribution is 2.36. The third-order valence-corrected chi connectivity index (χ3v) is 9.87. The van der Waals surface area contributed by atoms with Crippen LogP contribution in [0.2, 0.25) is 0 Å². The number of hydrogen-bond acceptors (Lipinski definition) is 3. The molecule has 5 nitrogen and oxygen atoms in total. The van der Waals surface area contributed by atoms with Crippen LogP contribution in [-0.4, -0.2) is 31.8 Å². The molecule has 0 aromatic heterocycles. The number of sulfonamides is 1. The number of halogens is 2. The number of benzene rings is 1. The standard InChI is InChI=1S/C25H32BrFN2O3S/c1-17-16-22(13-14-23(17)26)33(31,32)28-21-11-7-19(8-12-21)25(30)29-15-3-2-4-24(29)18-5-9-20(27)10-6-18/h5-6,9-10,13-14,17,19,21,24,28H,2-4,7-8,11-12,15-16H2,1H3. The topological polar surface area (TPSA) is 66.5 Å². The van der Waals surface area contributed by atoms with Gasteiger partial charge in [0, 0.05) is 18.5 Å². The summed E-state index contributed by atoms with van der Waals surface area (Å²) < 4.78 is 43.0. The van der Waals surface area contributed by atoms with E-state index < -0.39 is 10.0 Å². The van der Waals surface area contributed by atoms with Crippen LogP contribution in [0.1, 0.15) is 69.9 Å². The van der Waals surface area contributed by atoms with Crippen molar-refractivity contribution in [2.45, 2.75) is 70.4 Å². The Kier molecular flexibility index (Phi) is 7.76. The third kappa shape index (κ3) is 5.77. The summed E-state index contributed by atoms with van der Waals surface area (Å²) >= 11 is 3.47. The van der Waals surface area contributed by atoms with Crippen molar-refractivity contribution in [2.24, 2.45) is 11.8 Å². The highest BCUT2D eigenvalue weighted by atomic mass is 79.9. The molecule has 0 bridgehead atoms. The number of carbonyl (C=O) groups is 1. The van der Waals surface area contributed by atoms with Crippen molar-refractivity contribution in [1.82, 2.24) is 9.62 Å². The lowest BCUT2D eigenvalue weighted by Gasteiger charge is -2.39. The van der Waals surface area contributed by atoms with Gasteiger partial charge in [0.05, 0.1) is 10.9 Å². The maximum atomic E-state index is 13.4. The minimum atomic E-state index is -3.53. The average Bonchev–Trinajstić information content (AvgIpc) is 2.81. The molecular formula is C25H32BrFN2O3S. The molecular weight excluding hydrogens is 507 g/mol. The van der Waals surface area contributed by atoms with Crippen LogP contribution in [0.4, 0.5) is 4.39 Å². The van der Waals surface area contributed by atoms with Crippen LogP contribution in [0.5, 0.6) is 0 Å². The molecule has 1 amide bonds. The molecule has 1 saturated carbocycles. The monoisotopic (exact) mass is 538 g/mol. The van der Waals surface area contributed by atoms with Crippen LogP contribution in [0.15, 0.2) is 45.8 Å². The number of nitrogens with zero attached hydrogens (tertiary/aromatic N) is 1. The number of nitrogens with one attached hydrogen (secondary N) is 1. The molecule has 1 aromatic rings. The fraction of sp³-hybridized carbons (Fsp3) is 0.560. The number of rotatable bonds is 5. The zero-order valence-corrected chi connectivity index (χ0v) is 21.4. The first-order valence-corrected chi connectivity index (χ1v) is 14.2. The van der Waals surface area contributed by atoms with E-state index in [2.05, 4.69) is 20.7 Å². The largest absolute Gasteiger partial charge is 0.335 e. The Balaban J connectivity index is 1.36. The van der Waals surface area contributed by atoms with Gasteiger partial charge in [-0.15, -0.1) is 0 Å². The van der Waals surface area contributed by atoms with Crippen molar-refractivity contribution >= 4 is 31.9 Å². The molecule has 1 aliphatic heterocycles. The molecule has 4 rings (SSSR count). The van der Waals surface area contributed by atoms with E-state index in [0.29, 0.717) is 37.0 Å². The van der Waals surface area contributed by atoms with Crippen molar-refractivity contribution < 1.29 is 17.6 Å². The lowest BCUT2D eigenvalue weighted by Crippen LogP contribution is -2.45. The van der Waals surface area contributed by atoms with Crippen LogP contribution in [0.3, 0.4) is 0 Å². The molecule has 180 valence electrons. The summed E-state index contributed by atoms with van der Waals surface area (Å²) in [6, 6.07) is 6.34. The molecule has 0 spiro atoms. The fourth-order valence-electron chi connectivity index (χ4n) is 5.22. The summed E-state index contributed by atoms with van der Waals surface area (Å²) in [6.45, 7) is 2.72. The minimum Gasteiger partial charge on any atom is -0.335 e. The second kappa shape index (κ2) is 10.4. The highest BCUT2D eigenvalue weighted by molar-refractivity contribution is 9.11. The van der Waals surface area contributed by atoms with Crippen molar-refractivity contribution in [3.63, 3.8) is 0 Å². The van der Waals surface area contributed by atoms with Crippen molar-refractivity contribution in [2.75, 3.05) is 6.54 Å². The zero-order valence-electron chi connectivity index (χ0n) is 19.0. The second-order valence-corrected chi connectivity index (χ2v) is 12.2. The Labute approximate surface area is 204 Å². The predicted octanol–water partition coefficient (Wildman–Crippen LogP) is 5.56. The van der Waals surface area contributed by atoms with Gasteiger partial charge in [-0.1, -0.05) is 41.1 Å². The molecule has 1 heterocycles. The Hall–Kier alpha value is -1.51. The van der Waals surface area contributed by atoms with Gasteiger partial charge >= 0.3 is 0 Å². The summed E-state index contributed by atoms with van der Waals surface area (Å²) in [7, 11) is -3.53. The summed E-state index contributed by atoms with van der Waals surface area (Å²) in [5, 5.41) is 0. The number of allylic oxidation sites excluding steroid dienone is 4. The Morgan fingerprint density at radius 3 is 2.42 bits per heavy atom. The van der Waals surface area contributed by atoms with Crippen LogP contribution < -0.4 is 4.72 Å². The molecule has 1 saturated heterocycles. The van der Waals surface area contributed by atoms with Gasteiger partial charge in [0.25, 0.3) is 0 Å². The van der Waals surface area contributed by atoms with E-state index in [1.165, 1.54) is 12.1 Å². The lowest BCUT2D eigenvalue weighted by molar-refractivity contribution is -0.140. The van der Waals surface area contributed by atoms with Crippen molar-refractivity contribution in [3.8, 4) is 0 Å². The van der Waals surface area contributed by atoms with E-state index >= 15 is 0 Å². The van der Waals surface area contributed by atoms with E-state index in [0.717, 1.165) is 35.9 Å². The normalized spacial score (nSPS) is 28.8. The first-order chi connectivity index (χ1) is 15.7. The summed E-state index contributed by atoms with van der Waals surface area (Å²) in [6.07, 6.45) is 9.59. The summed E-state index contributed by atoms with van der Waals surface area (Å²) in [5.41, 5.74) is 0.988. The average molecular weight is 540 g/mol. The first kappa shape index (κ1) is 24.6. The van der Waals surface area contributed by atoms with Crippen molar-refractivity contribution in [3.05, 3.63) is 57.2 Å². The zero-order chi connectivity index (χ0) is 23.6. The number of piperidine rings is 1. The molecule has 2 atom stereocenters.